The largest absolute Gasteiger partial charge is 0.481 e. The number of halogens is 1. The number of carboxylic acid groups (broad SMARTS) is 1. The monoisotopic (exact) mass is 270 g/mol. The van der Waals surface area contributed by atoms with Gasteiger partial charge in [-0.3, -0.25) is 4.79 Å². The van der Waals surface area contributed by atoms with Crippen molar-refractivity contribution in [2.45, 2.75) is 9.68 Å². The lowest BCUT2D eigenvalue weighted by molar-refractivity contribution is -0.139. The maximum absolute atomic E-state index is 10.5. The molecule has 1 rings (SSSR count). The summed E-state index contributed by atoms with van der Waals surface area (Å²) in [6.45, 7) is 1.93. The van der Waals surface area contributed by atoms with Crippen molar-refractivity contribution >= 4 is 40.3 Å². The molecular weight excluding hydrogens is 263 g/mol. The molecular formula is C6H7IO2S. The predicted octanol–water partition coefficient (Wildman–Crippen LogP) is 2.10. The zero-order valence-electron chi connectivity index (χ0n) is 5.37. The second-order valence-corrected chi connectivity index (χ2v) is 6.58. The molecule has 0 bridgehead atoms. The Morgan fingerprint density at radius 1 is 1.90 bits per heavy atom. The number of rotatable bonds is 1. The summed E-state index contributed by atoms with van der Waals surface area (Å²) in [4.78, 5) is 10.5. The molecule has 1 heterocycles. The van der Waals surface area contributed by atoms with Crippen LogP contribution in [0.1, 0.15) is 6.92 Å². The fourth-order valence-corrected chi connectivity index (χ4v) is 2.54. The van der Waals surface area contributed by atoms with Gasteiger partial charge in [0.1, 0.15) is 0 Å². The van der Waals surface area contributed by atoms with Gasteiger partial charge in [-0.15, -0.1) is 11.8 Å². The first-order chi connectivity index (χ1) is 4.54. The van der Waals surface area contributed by atoms with Crippen LogP contribution in [-0.4, -0.2) is 13.8 Å². The maximum atomic E-state index is 10.5. The average molecular weight is 270 g/mol. The lowest BCUT2D eigenvalue weighted by Crippen LogP contribution is -2.26. The summed E-state index contributed by atoms with van der Waals surface area (Å²) in [6, 6.07) is 0. The third-order valence-electron chi connectivity index (χ3n) is 1.39. The average Bonchev–Trinajstić information content (AvgIpc) is 2.08. The normalized spacial score (nSPS) is 38.4. The molecule has 1 aliphatic heterocycles. The van der Waals surface area contributed by atoms with Crippen molar-refractivity contribution in [3.8, 4) is 0 Å². The van der Waals surface area contributed by atoms with Gasteiger partial charge in [-0.1, -0.05) is 28.7 Å². The quantitative estimate of drug-likeness (QED) is 0.585. The smallest absolute Gasteiger partial charge is 0.312 e. The molecule has 2 nitrogen and oxygen atoms in total. The first kappa shape index (κ1) is 8.39. The van der Waals surface area contributed by atoms with E-state index >= 15 is 0 Å². The molecule has 0 amide bonds. The Kier molecular flexibility index (Phi) is 2.29. The van der Waals surface area contributed by atoms with E-state index in [4.69, 9.17) is 5.11 Å². The number of hydrogen-bond donors (Lipinski definition) is 1. The van der Waals surface area contributed by atoms with Gasteiger partial charge in [0.05, 0.1) is 8.67 Å². The fourth-order valence-electron chi connectivity index (χ4n) is 0.799. The molecule has 0 aromatic rings. The summed E-state index contributed by atoms with van der Waals surface area (Å²) < 4.78 is -0.191. The van der Waals surface area contributed by atoms with Crippen LogP contribution in [0.2, 0.25) is 0 Å². The Hall–Kier alpha value is 0.290. The first-order valence-corrected chi connectivity index (χ1v) is 4.76. The SMILES string of the molecule is CC1(I)SC=CC1C(=O)O. The van der Waals surface area contributed by atoms with E-state index in [2.05, 4.69) is 22.6 Å². The first-order valence-electron chi connectivity index (χ1n) is 2.80. The van der Waals surface area contributed by atoms with Gasteiger partial charge in [0, 0.05) is 0 Å². The molecule has 0 fully saturated rings. The van der Waals surface area contributed by atoms with Crippen molar-refractivity contribution in [1.82, 2.24) is 0 Å². The Morgan fingerprint density at radius 2 is 2.50 bits per heavy atom. The molecule has 0 aliphatic carbocycles. The zero-order valence-corrected chi connectivity index (χ0v) is 8.35. The van der Waals surface area contributed by atoms with E-state index in [-0.39, 0.29) is 8.67 Å². The highest BCUT2D eigenvalue weighted by Crippen LogP contribution is 2.46. The Labute approximate surface area is 77.2 Å². The molecule has 10 heavy (non-hydrogen) atoms. The van der Waals surface area contributed by atoms with Gasteiger partial charge in [0.25, 0.3) is 0 Å². The number of thioether (sulfide) groups is 1. The molecule has 2 atom stereocenters. The standard InChI is InChI=1S/C6H7IO2S/c1-6(7)4(5(8)9)2-3-10-6/h2-4H,1H3,(H,8,9). The number of alkyl halides is 1. The van der Waals surface area contributed by atoms with Crippen molar-refractivity contribution in [1.29, 1.82) is 0 Å². The van der Waals surface area contributed by atoms with Crippen LogP contribution in [0.4, 0.5) is 0 Å². The van der Waals surface area contributed by atoms with Crippen LogP contribution >= 0.6 is 34.4 Å². The Bertz CT molecular complexity index is 188. The third-order valence-corrected chi connectivity index (χ3v) is 3.83. The summed E-state index contributed by atoms with van der Waals surface area (Å²) >= 11 is 3.72. The maximum Gasteiger partial charge on any atom is 0.312 e. The van der Waals surface area contributed by atoms with Gasteiger partial charge in [0.2, 0.25) is 0 Å². The van der Waals surface area contributed by atoms with Crippen molar-refractivity contribution in [2.24, 2.45) is 5.92 Å². The van der Waals surface area contributed by atoms with Gasteiger partial charge in [-0.2, -0.15) is 0 Å². The van der Waals surface area contributed by atoms with E-state index < -0.39 is 5.97 Å². The van der Waals surface area contributed by atoms with Crippen LogP contribution in [0, 0.1) is 5.92 Å². The van der Waals surface area contributed by atoms with Gasteiger partial charge < -0.3 is 5.11 Å². The number of carbonyl (C=O) groups is 1. The Morgan fingerprint density at radius 3 is 2.70 bits per heavy atom. The molecule has 0 radical (unpaired) electrons. The van der Waals surface area contributed by atoms with Crippen molar-refractivity contribution < 1.29 is 9.90 Å². The van der Waals surface area contributed by atoms with Gasteiger partial charge in [-0.05, 0) is 12.3 Å². The predicted molar refractivity (Wildman–Crippen MR) is 50.3 cm³/mol. The highest BCUT2D eigenvalue weighted by molar-refractivity contribution is 14.1. The molecule has 0 saturated carbocycles. The van der Waals surface area contributed by atoms with Gasteiger partial charge in [-0.25, -0.2) is 0 Å². The molecule has 4 heteroatoms. The summed E-state index contributed by atoms with van der Waals surface area (Å²) in [5.41, 5.74) is 0. The lowest BCUT2D eigenvalue weighted by Gasteiger charge is -2.19. The van der Waals surface area contributed by atoms with E-state index in [1.807, 2.05) is 12.3 Å². The van der Waals surface area contributed by atoms with E-state index in [9.17, 15) is 4.79 Å². The van der Waals surface area contributed by atoms with Crippen molar-refractivity contribution in [3.05, 3.63) is 11.5 Å². The van der Waals surface area contributed by atoms with E-state index in [1.165, 1.54) is 0 Å². The van der Waals surface area contributed by atoms with Crippen molar-refractivity contribution in [3.63, 3.8) is 0 Å². The van der Waals surface area contributed by atoms with Gasteiger partial charge in [0.15, 0.2) is 0 Å². The molecule has 0 spiro atoms. The molecule has 0 aromatic carbocycles. The molecule has 0 aromatic heterocycles. The van der Waals surface area contributed by atoms with E-state index in [1.54, 1.807) is 17.8 Å². The van der Waals surface area contributed by atoms with Gasteiger partial charge >= 0.3 is 5.97 Å². The minimum Gasteiger partial charge on any atom is -0.481 e. The minimum atomic E-state index is -0.738. The second kappa shape index (κ2) is 2.73. The van der Waals surface area contributed by atoms with Crippen LogP contribution in [-0.2, 0) is 4.79 Å². The third kappa shape index (κ3) is 1.47. The Balaban J connectivity index is 2.77. The number of aliphatic carboxylic acids is 1. The molecule has 0 saturated heterocycles. The number of hydrogen-bond acceptors (Lipinski definition) is 2. The van der Waals surface area contributed by atoms with Crippen LogP contribution in [0.5, 0.6) is 0 Å². The minimum absolute atomic E-state index is 0.191. The van der Waals surface area contributed by atoms with Crippen molar-refractivity contribution in [2.75, 3.05) is 0 Å². The highest BCUT2D eigenvalue weighted by Gasteiger charge is 2.38. The summed E-state index contributed by atoms with van der Waals surface area (Å²) in [6.07, 6.45) is 1.74. The molecule has 2 unspecified atom stereocenters. The molecule has 1 N–H and O–H groups in total. The zero-order chi connectivity index (χ0) is 7.78. The van der Waals surface area contributed by atoms with Crippen LogP contribution in [0.3, 0.4) is 0 Å². The molecule has 56 valence electrons. The summed E-state index contributed by atoms with van der Waals surface area (Å²) in [7, 11) is 0. The fraction of sp³-hybridized carbons (Fsp3) is 0.500. The molecule has 1 aliphatic rings. The van der Waals surface area contributed by atoms with Crippen LogP contribution in [0.25, 0.3) is 0 Å². The summed E-state index contributed by atoms with van der Waals surface area (Å²) in [5.74, 6) is -1.07. The van der Waals surface area contributed by atoms with Crippen LogP contribution in [0.15, 0.2) is 11.5 Å². The lowest BCUT2D eigenvalue weighted by atomic mass is 10.1. The second-order valence-electron chi connectivity index (χ2n) is 2.25. The topological polar surface area (TPSA) is 37.3 Å². The van der Waals surface area contributed by atoms with E-state index in [0.29, 0.717) is 0 Å². The number of carboxylic acids is 1. The van der Waals surface area contributed by atoms with Crippen LogP contribution < -0.4 is 0 Å². The highest BCUT2D eigenvalue weighted by atomic mass is 127. The summed E-state index contributed by atoms with van der Waals surface area (Å²) in [5, 5.41) is 10.5. The van der Waals surface area contributed by atoms with E-state index in [0.717, 1.165) is 0 Å².